The van der Waals surface area contributed by atoms with E-state index in [0.29, 0.717) is 28.0 Å². The Labute approximate surface area is 169 Å². The van der Waals surface area contributed by atoms with Gasteiger partial charge in [0.2, 0.25) is 11.8 Å². The lowest BCUT2D eigenvalue weighted by molar-refractivity contribution is -0.114. The molecular weight excluding hydrogens is 409 g/mol. The number of benzene rings is 2. The number of aryl methyl sites for hydroxylation is 1. The highest BCUT2D eigenvalue weighted by atomic mass is 32.2. The van der Waals surface area contributed by atoms with Crippen molar-refractivity contribution in [1.29, 1.82) is 0 Å². The predicted molar refractivity (Wildman–Crippen MR) is 109 cm³/mol. The molecule has 0 radical (unpaired) electrons. The van der Waals surface area contributed by atoms with Crippen molar-refractivity contribution in [3.63, 3.8) is 0 Å². The number of carbonyl (C=O) groups excluding carboxylic acids is 2. The van der Waals surface area contributed by atoms with Gasteiger partial charge in [0.15, 0.2) is 0 Å². The second-order valence-electron chi connectivity index (χ2n) is 5.86. The Morgan fingerprint density at radius 3 is 2.32 bits per heavy atom. The zero-order valence-corrected chi connectivity index (χ0v) is 16.6. The highest BCUT2D eigenvalue weighted by Gasteiger charge is 2.27. The molecule has 0 unspecified atom stereocenters. The minimum Gasteiger partial charge on any atom is -0.325 e. The van der Waals surface area contributed by atoms with Crippen LogP contribution in [0.3, 0.4) is 0 Å². The molecule has 0 atom stereocenters. The van der Waals surface area contributed by atoms with E-state index in [-0.39, 0.29) is 23.3 Å². The van der Waals surface area contributed by atoms with Crippen LogP contribution >= 0.6 is 23.5 Å². The maximum atomic E-state index is 12.4. The van der Waals surface area contributed by atoms with Crippen LogP contribution in [0.5, 0.6) is 0 Å². The molecule has 2 rings (SSSR count). The number of thioether (sulfide) groups is 2. The molecule has 2 aromatic carbocycles. The third kappa shape index (κ3) is 8.26. The van der Waals surface area contributed by atoms with Gasteiger partial charge >= 0.3 is 6.18 Å². The summed E-state index contributed by atoms with van der Waals surface area (Å²) in [4.78, 5) is 24.3. The van der Waals surface area contributed by atoms with Crippen molar-refractivity contribution in [3.8, 4) is 0 Å². The zero-order chi connectivity index (χ0) is 20.6. The summed E-state index contributed by atoms with van der Waals surface area (Å²) in [7, 11) is 0. The van der Waals surface area contributed by atoms with E-state index in [1.807, 2.05) is 25.1 Å². The molecule has 2 aromatic rings. The predicted octanol–water partition coefficient (Wildman–Crippen LogP) is 4.96. The fourth-order valence-electron chi connectivity index (χ4n) is 2.20. The number of alkyl halides is 3. The fourth-order valence-corrected chi connectivity index (χ4v) is 3.58. The Balaban J connectivity index is 1.79. The molecule has 0 spiro atoms. The maximum absolute atomic E-state index is 12.4. The summed E-state index contributed by atoms with van der Waals surface area (Å²) < 4.78 is 37.2. The van der Waals surface area contributed by atoms with E-state index in [0.717, 1.165) is 17.3 Å². The number of rotatable bonds is 8. The van der Waals surface area contributed by atoms with Crippen LogP contribution in [0, 0.1) is 6.92 Å². The monoisotopic (exact) mass is 428 g/mol. The normalized spacial score (nSPS) is 11.1. The first kappa shape index (κ1) is 22.2. The highest BCUT2D eigenvalue weighted by Crippen LogP contribution is 2.32. The van der Waals surface area contributed by atoms with Gasteiger partial charge in [-0.05, 0) is 36.8 Å². The molecule has 28 heavy (non-hydrogen) atoms. The first-order valence-electron chi connectivity index (χ1n) is 8.25. The van der Waals surface area contributed by atoms with E-state index >= 15 is 0 Å². The summed E-state index contributed by atoms with van der Waals surface area (Å²) in [5.74, 6) is -1.54. The van der Waals surface area contributed by atoms with Gasteiger partial charge in [0.05, 0.1) is 22.9 Å². The van der Waals surface area contributed by atoms with E-state index in [1.54, 1.807) is 24.3 Å². The Bertz CT molecular complexity index is 829. The fraction of sp³-hybridized carbons (Fsp3) is 0.263. The van der Waals surface area contributed by atoms with Crippen LogP contribution in [0.1, 0.15) is 5.56 Å². The van der Waals surface area contributed by atoms with Crippen LogP contribution in [0.25, 0.3) is 0 Å². The van der Waals surface area contributed by atoms with Gasteiger partial charge in [-0.25, -0.2) is 0 Å². The van der Waals surface area contributed by atoms with Crippen molar-refractivity contribution >= 4 is 46.7 Å². The number of halogens is 3. The second kappa shape index (κ2) is 10.4. The van der Waals surface area contributed by atoms with Crippen LogP contribution in [0.2, 0.25) is 0 Å². The van der Waals surface area contributed by atoms with E-state index in [1.165, 1.54) is 6.07 Å². The first-order chi connectivity index (χ1) is 13.2. The third-order valence-electron chi connectivity index (χ3n) is 3.32. The number of hydrogen-bond donors (Lipinski definition) is 2. The van der Waals surface area contributed by atoms with Gasteiger partial charge in [-0.1, -0.05) is 24.3 Å². The van der Waals surface area contributed by atoms with Crippen LogP contribution in [-0.4, -0.2) is 35.2 Å². The molecule has 0 aliphatic carbocycles. The van der Waals surface area contributed by atoms with Crippen molar-refractivity contribution in [2.24, 2.45) is 0 Å². The van der Waals surface area contributed by atoms with Gasteiger partial charge in [0, 0.05) is 10.6 Å². The molecule has 0 saturated heterocycles. The Hall–Kier alpha value is -2.13. The topological polar surface area (TPSA) is 58.2 Å². The van der Waals surface area contributed by atoms with Crippen molar-refractivity contribution in [2.75, 3.05) is 27.9 Å². The lowest BCUT2D eigenvalue weighted by Gasteiger charge is -2.12. The van der Waals surface area contributed by atoms with Gasteiger partial charge < -0.3 is 10.6 Å². The molecule has 0 fully saturated rings. The lowest BCUT2D eigenvalue weighted by atomic mass is 10.2. The molecule has 9 heteroatoms. The summed E-state index contributed by atoms with van der Waals surface area (Å²) in [5, 5.41) is 5.34. The van der Waals surface area contributed by atoms with Crippen LogP contribution in [0.15, 0.2) is 53.4 Å². The van der Waals surface area contributed by atoms with Crippen LogP contribution in [0.4, 0.5) is 24.5 Å². The molecule has 2 N–H and O–H groups in total. The average Bonchev–Trinajstić information content (AvgIpc) is 2.60. The van der Waals surface area contributed by atoms with Gasteiger partial charge in [-0.15, -0.1) is 23.5 Å². The van der Waals surface area contributed by atoms with Crippen molar-refractivity contribution in [1.82, 2.24) is 0 Å². The van der Waals surface area contributed by atoms with Crippen molar-refractivity contribution < 1.29 is 22.8 Å². The summed E-state index contributed by atoms with van der Waals surface area (Å²) in [5.41, 5.74) is 2.03. The molecule has 150 valence electrons. The number of anilines is 2. The molecule has 0 heterocycles. The van der Waals surface area contributed by atoms with E-state index in [4.69, 9.17) is 0 Å². The molecule has 0 aromatic heterocycles. The molecule has 0 aliphatic rings. The van der Waals surface area contributed by atoms with Gasteiger partial charge in [0.25, 0.3) is 0 Å². The van der Waals surface area contributed by atoms with Gasteiger partial charge in [-0.2, -0.15) is 13.2 Å². The third-order valence-corrected chi connectivity index (χ3v) is 5.39. The maximum Gasteiger partial charge on any atom is 0.398 e. The van der Waals surface area contributed by atoms with Crippen LogP contribution in [-0.2, 0) is 9.59 Å². The molecular formula is C19H19F3N2O2S2. The Kier molecular flexibility index (Phi) is 8.25. The van der Waals surface area contributed by atoms with Crippen molar-refractivity contribution in [3.05, 3.63) is 54.1 Å². The molecule has 4 nitrogen and oxygen atoms in total. The standard InChI is InChI=1S/C19H19F3N2O2S2/c1-13-5-4-6-14(9-13)23-17(25)10-27-11-18(26)24-15-7-2-3-8-16(15)28-12-19(20,21)22/h2-9H,10-12H2,1H3,(H,23,25)(H,24,26). The Morgan fingerprint density at radius 1 is 0.964 bits per heavy atom. The molecule has 0 saturated carbocycles. The summed E-state index contributed by atoms with van der Waals surface area (Å²) in [6.07, 6.45) is -4.29. The minimum absolute atomic E-state index is 0.0134. The van der Waals surface area contributed by atoms with Crippen LogP contribution < -0.4 is 10.6 Å². The lowest BCUT2D eigenvalue weighted by Crippen LogP contribution is -2.19. The highest BCUT2D eigenvalue weighted by molar-refractivity contribution is 8.00. The minimum atomic E-state index is -4.29. The number of amides is 2. The molecule has 0 aliphatic heterocycles. The molecule has 0 bridgehead atoms. The van der Waals surface area contributed by atoms with Gasteiger partial charge in [-0.3, -0.25) is 9.59 Å². The van der Waals surface area contributed by atoms with E-state index in [9.17, 15) is 22.8 Å². The van der Waals surface area contributed by atoms with Crippen molar-refractivity contribution in [2.45, 2.75) is 18.0 Å². The largest absolute Gasteiger partial charge is 0.398 e. The zero-order valence-electron chi connectivity index (χ0n) is 15.0. The van der Waals surface area contributed by atoms with E-state index in [2.05, 4.69) is 10.6 Å². The number of carbonyl (C=O) groups is 2. The summed E-state index contributed by atoms with van der Waals surface area (Å²) >= 11 is 1.74. The average molecular weight is 429 g/mol. The SMILES string of the molecule is Cc1cccc(NC(=O)CSCC(=O)Nc2ccccc2SCC(F)(F)F)c1. The first-order valence-corrected chi connectivity index (χ1v) is 10.4. The smallest absolute Gasteiger partial charge is 0.325 e. The number of nitrogens with one attached hydrogen (secondary N) is 2. The number of hydrogen-bond acceptors (Lipinski definition) is 4. The quantitative estimate of drug-likeness (QED) is 0.584. The van der Waals surface area contributed by atoms with Gasteiger partial charge in [0.1, 0.15) is 0 Å². The second-order valence-corrected chi connectivity index (χ2v) is 7.86. The van der Waals surface area contributed by atoms with E-state index < -0.39 is 11.9 Å². The molecule has 2 amide bonds. The summed E-state index contributed by atoms with van der Waals surface area (Å²) in [6.45, 7) is 1.92. The summed E-state index contributed by atoms with van der Waals surface area (Å²) in [6, 6.07) is 13.7. The Morgan fingerprint density at radius 2 is 1.64 bits per heavy atom. The number of para-hydroxylation sites is 1.